The fourth-order valence-corrected chi connectivity index (χ4v) is 3.11. The normalized spacial score (nSPS) is 20.4. The van der Waals surface area contributed by atoms with E-state index in [1.54, 1.807) is 30.3 Å². The summed E-state index contributed by atoms with van der Waals surface area (Å²) < 4.78 is 10.9. The highest BCUT2D eigenvalue weighted by atomic mass is 16.7. The summed E-state index contributed by atoms with van der Waals surface area (Å²) in [4.78, 5) is 35.9. The Morgan fingerprint density at radius 1 is 1.07 bits per heavy atom. The maximum Gasteiger partial charge on any atom is 0.317 e. The highest BCUT2D eigenvalue weighted by molar-refractivity contribution is 6.06. The maximum absolute atomic E-state index is 13.0. The van der Waals surface area contributed by atoms with E-state index in [4.69, 9.17) is 14.6 Å². The first-order valence-electron chi connectivity index (χ1n) is 9.06. The number of carbonyl (C=O) groups is 3. The Balaban J connectivity index is 1.87. The van der Waals surface area contributed by atoms with Gasteiger partial charge in [-0.1, -0.05) is 30.3 Å². The number of ether oxygens (including phenoxy) is 2. The molecule has 0 aliphatic carbocycles. The Kier molecular flexibility index (Phi) is 5.84. The van der Waals surface area contributed by atoms with Crippen LogP contribution in [0.15, 0.2) is 48.5 Å². The summed E-state index contributed by atoms with van der Waals surface area (Å²) >= 11 is 0. The number of carboxylic acid groups (broad SMARTS) is 1. The molecule has 0 spiro atoms. The number of Topliss-reactive ketones (excluding diaryl/α,β-unsaturated/α-hetero) is 1. The number of carbonyl (C=O) groups excluding carboxylic acids is 2. The average molecular weight is 400 g/mol. The second kappa shape index (κ2) is 8.32. The molecule has 8 nitrogen and oxygen atoms in total. The molecule has 0 saturated carbocycles. The van der Waals surface area contributed by atoms with Gasteiger partial charge in [-0.05, 0) is 30.5 Å². The summed E-state index contributed by atoms with van der Waals surface area (Å²) in [5.74, 6) is -5.36. The first-order valence-corrected chi connectivity index (χ1v) is 9.06. The number of rotatable bonds is 7. The lowest BCUT2D eigenvalue weighted by Crippen LogP contribution is -2.53. The van der Waals surface area contributed by atoms with Crippen LogP contribution in [-0.2, 0) is 14.3 Å². The topological polar surface area (TPSA) is 130 Å². The number of fused-ring (bicyclic) bond motifs is 1. The lowest BCUT2D eigenvalue weighted by atomic mass is 9.90. The number of aliphatic carboxylic acids is 1. The molecule has 0 amide bonds. The van der Waals surface area contributed by atoms with Gasteiger partial charge in [0.15, 0.2) is 6.10 Å². The summed E-state index contributed by atoms with van der Waals surface area (Å²) in [6.45, 7) is 0. The van der Waals surface area contributed by atoms with Crippen LogP contribution in [0.4, 0.5) is 0 Å². The Morgan fingerprint density at radius 3 is 2.45 bits per heavy atom. The van der Waals surface area contributed by atoms with E-state index in [1.165, 1.54) is 18.2 Å². The van der Waals surface area contributed by atoms with Crippen LogP contribution in [0.1, 0.15) is 47.7 Å². The monoisotopic (exact) mass is 400 g/mol. The molecule has 3 N–H and O–H groups in total. The molecule has 0 radical (unpaired) electrons. The van der Waals surface area contributed by atoms with Crippen LogP contribution in [0.3, 0.4) is 0 Å². The molecule has 152 valence electrons. The molecule has 29 heavy (non-hydrogen) atoms. The third-order valence-corrected chi connectivity index (χ3v) is 4.53. The molecule has 2 atom stereocenters. The highest BCUT2D eigenvalue weighted by Gasteiger charge is 2.54. The number of aromatic hydroxyl groups is 1. The van der Waals surface area contributed by atoms with Crippen molar-refractivity contribution in [1.29, 1.82) is 0 Å². The molecule has 0 saturated heterocycles. The molecule has 2 aromatic rings. The van der Waals surface area contributed by atoms with Crippen LogP contribution in [0.5, 0.6) is 11.5 Å². The summed E-state index contributed by atoms with van der Waals surface area (Å²) in [5.41, 5.74) is 0.368. The molecule has 1 aliphatic heterocycles. The second-order valence-electron chi connectivity index (χ2n) is 6.69. The van der Waals surface area contributed by atoms with Gasteiger partial charge in [-0.3, -0.25) is 14.4 Å². The van der Waals surface area contributed by atoms with Gasteiger partial charge in [0, 0.05) is 18.9 Å². The van der Waals surface area contributed by atoms with Crippen molar-refractivity contribution in [3.8, 4) is 11.5 Å². The van der Waals surface area contributed by atoms with Gasteiger partial charge in [-0.25, -0.2) is 0 Å². The maximum atomic E-state index is 13.0. The molecule has 2 aromatic carbocycles. The zero-order valence-corrected chi connectivity index (χ0v) is 15.4. The van der Waals surface area contributed by atoms with Crippen LogP contribution in [-0.4, -0.2) is 38.8 Å². The van der Waals surface area contributed by atoms with E-state index in [0.29, 0.717) is 5.56 Å². The number of esters is 1. The third-order valence-electron chi connectivity index (χ3n) is 4.53. The molecule has 2 unspecified atom stereocenters. The van der Waals surface area contributed by atoms with Crippen LogP contribution >= 0.6 is 0 Å². The van der Waals surface area contributed by atoms with Crippen molar-refractivity contribution in [2.24, 2.45) is 0 Å². The van der Waals surface area contributed by atoms with Crippen molar-refractivity contribution in [1.82, 2.24) is 0 Å². The van der Waals surface area contributed by atoms with Crippen molar-refractivity contribution in [3.05, 3.63) is 59.7 Å². The van der Waals surface area contributed by atoms with Gasteiger partial charge in [-0.2, -0.15) is 0 Å². The number of phenolic OH excluding ortho intramolecular Hbond substituents is 1. The number of phenols is 1. The summed E-state index contributed by atoms with van der Waals surface area (Å²) in [7, 11) is 0. The molecular weight excluding hydrogens is 380 g/mol. The Labute approximate surface area is 166 Å². The first-order chi connectivity index (χ1) is 13.8. The second-order valence-corrected chi connectivity index (χ2v) is 6.69. The fourth-order valence-electron chi connectivity index (χ4n) is 3.11. The lowest BCUT2D eigenvalue weighted by Gasteiger charge is -2.38. The number of benzene rings is 2. The van der Waals surface area contributed by atoms with Crippen LogP contribution < -0.4 is 4.74 Å². The van der Waals surface area contributed by atoms with Crippen LogP contribution in [0, 0.1) is 0 Å². The Hall–Kier alpha value is -3.39. The molecule has 3 rings (SSSR count). The van der Waals surface area contributed by atoms with E-state index >= 15 is 0 Å². The van der Waals surface area contributed by atoms with E-state index in [2.05, 4.69) is 0 Å². The predicted molar refractivity (Wildman–Crippen MR) is 99.4 cm³/mol. The van der Waals surface area contributed by atoms with Gasteiger partial charge >= 0.3 is 17.7 Å². The number of aliphatic hydroxyl groups is 1. The van der Waals surface area contributed by atoms with Gasteiger partial charge in [-0.15, -0.1) is 0 Å². The minimum atomic E-state index is -2.60. The summed E-state index contributed by atoms with van der Waals surface area (Å²) in [6.07, 6.45) is -1.10. The quantitative estimate of drug-likeness (QED) is 0.367. The van der Waals surface area contributed by atoms with Gasteiger partial charge in [0.05, 0.1) is 5.56 Å². The van der Waals surface area contributed by atoms with E-state index in [0.717, 1.165) is 0 Å². The van der Waals surface area contributed by atoms with E-state index in [1.807, 2.05) is 0 Å². The zero-order chi connectivity index (χ0) is 21.0. The van der Waals surface area contributed by atoms with Gasteiger partial charge in [0.1, 0.15) is 11.5 Å². The molecular formula is C21H20O8. The zero-order valence-electron chi connectivity index (χ0n) is 15.4. The standard InChI is InChI=1S/C21H20O8/c22-14-10-11-15-16(12-14)28-20(13-6-2-1-3-7-13)21(27,19(15)26)29-18(25)9-5-4-8-17(23)24/h1-3,6-7,10-12,20,22,27H,4-5,8-9H2,(H,23,24). The minimum absolute atomic E-state index is 0.0313. The smallest absolute Gasteiger partial charge is 0.317 e. The van der Waals surface area contributed by atoms with Crippen molar-refractivity contribution >= 4 is 17.7 Å². The van der Waals surface area contributed by atoms with Crippen LogP contribution in [0.2, 0.25) is 0 Å². The molecule has 1 aliphatic rings. The summed E-state index contributed by atoms with van der Waals surface area (Å²) in [6, 6.07) is 12.1. The SMILES string of the molecule is O=C(O)CCCCC(=O)OC1(O)C(=O)c2ccc(O)cc2OC1c1ccccc1. The highest BCUT2D eigenvalue weighted by Crippen LogP contribution is 2.43. The van der Waals surface area contributed by atoms with Crippen molar-refractivity contribution in [2.75, 3.05) is 0 Å². The van der Waals surface area contributed by atoms with E-state index < -0.39 is 29.6 Å². The number of carboxylic acids is 1. The minimum Gasteiger partial charge on any atom is -0.508 e. The fraction of sp³-hybridized carbons (Fsp3) is 0.286. The average Bonchev–Trinajstić information content (AvgIpc) is 2.68. The summed E-state index contributed by atoms with van der Waals surface area (Å²) in [5, 5.41) is 29.4. The molecule has 0 aromatic heterocycles. The molecule has 8 heteroatoms. The number of unbranched alkanes of at least 4 members (excludes halogenated alkanes) is 1. The van der Waals surface area contributed by atoms with E-state index in [-0.39, 0.29) is 42.7 Å². The molecule has 0 fully saturated rings. The van der Waals surface area contributed by atoms with Crippen molar-refractivity contribution in [3.63, 3.8) is 0 Å². The lowest BCUT2D eigenvalue weighted by molar-refractivity contribution is -0.220. The first kappa shape index (κ1) is 20.3. The largest absolute Gasteiger partial charge is 0.508 e. The van der Waals surface area contributed by atoms with Gasteiger partial charge in [0.2, 0.25) is 5.78 Å². The number of hydrogen-bond acceptors (Lipinski definition) is 7. The van der Waals surface area contributed by atoms with Crippen molar-refractivity contribution in [2.45, 2.75) is 37.6 Å². The number of ketones is 1. The molecule has 0 bridgehead atoms. The van der Waals surface area contributed by atoms with Crippen molar-refractivity contribution < 1.29 is 39.2 Å². The Morgan fingerprint density at radius 2 is 1.76 bits per heavy atom. The van der Waals surface area contributed by atoms with Gasteiger partial charge in [0.25, 0.3) is 0 Å². The predicted octanol–water partition coefficient (Wildman–Crippen LogP) is 2.59. The number of hydrogen-bond donors (Lipinski definition) is 3. The van der Waals surface area contributed by atoms with E-state index in [9.17, 15) is 24.6 Å². The molecule has 1 heterocycles. The Bertz CT molecular complexity index is 924. The van der Waals surface area contributed by atoms with Gasteiger partial charge < -0.3 is 24.8 Å². The third kappa shape index (κ3) is 4.38. The van der Waals surface area contributed by atoms with Crippen LogP contribution in [0.25, 0.3) is 0 Å².